The van der Waals surface area contributed by atoms with Gasteiger partial charge in [0.15, 0.2) is 0 Å². The zero-order valence-corrected chi connectivity index (χ0v) is 8.23. The predicted molar refractivity (Wildman–Crippen MR) is 55.5 cm³/mol. The van der Waals surface area contributed by atoms with Gasteiger partial charge >= 0.3 is 0 Å². The smallest absolute Gasteiger partial charge is 0.231 e. The van der Waals surface area contributed by atoms with Crippen molar-refractivity contribution in [2.75, 3.05) is 19.6 Å². The van der Waals surface area contributed by atoms with Gasteiger partial charge < -0.3 is 5.73 Å². The van der Waals surface area contributed by atoms with Gasteiger partial charge in [-0.25, -0.2) is 0 Å². The minimum atomic E-state index is -0.223. The molecular formula is C11H16N2O. The Morgan fingerprint density at radius 2 is 2.07 bits per heavy atom. The first-order valence-electron chi connectivity index (χ1n) is 5.11. The molecule has 1 aliphatic heterocycles. The maximum absolute atomic E-state index is 10.8. The molecule has 76 valence electrons. The van der Waals surface area contributed by atoms with Gasteiger partial charge in [0.25, 0.3) is 0 Å². The largest absolute Gasteiger partial charge is 0.369 e. The van der Waals surface area contributed by atoms with Gasteiger partial charge in [-0.05, 0) is 24.8 Å². The van der Waals surface area contributed by atoms with Crippen molar-refractivity contribution in [3.05, 3.63) is 24.3 Å². The highest BCUT2D eigenvalue weighted by Gasteiger charge is 2.27. The molecule has 0 aromatic rings. The van der Waals surface area contributed by atoms with E-state index in [0.717, 1.165) is 19.5 Å². The van der Waals surface area contributed by atoms with E-state index in [4.69, 9.17) is 5.73 Å². The number of fused-ring (bicyclic) bond motifs is 1. The van der Waals surface area contributed by atoms with E-state index < -0.39 is 0 Å². The number of piperidine rings is 1. The van der Waals surface area contributed by atoms with Crippen LogP contribution in [0, 0.1) is 11.8 Å². The van der Waals surface area contributed by atoms with E-state index in [1.807, 2.05) is 0 Å². The van der Waals surface area contributed by atoms with Crippen molar-refractivity contribution in [1.29, 1.82) is 0 Å². The summed E-state index contributed by atoms with van der Waals surface area (Å²) in [6.07, 6.45) is 9.85. The summed E-state index contributed by atoms with van der Waals surface area (Å²) in [4.78, 5) is 12.9. The van der Waals surface area contributed by atoms with Crippen molar-refractivity contribution >= 4 is 5.91 Å². The van der Waals surface area contributed by atoms with Gasteiger partial charge in [0.1, 0.15) is 0 Å². The van der Waals surface area contributed by atoms with Gasteiger partial charge in [-0.15, -0.1) is 0 Å². The van der Waals surface area contributed by atoms with Gasteiger partial charge in [-0.1, -0.05) is 24.3 Å². The molecule has 1 aliphatic carbocycles. The fourth-order valence-corrected chi connectivity index (χ4v) is 2.29. The van der Waals surface area contributed by atoms with Crippen LogP contribution in [-0.2, 0) is 4.79 Å². The summed E-state index contributed by atoms with van der Waals surface area (Å²) in [5, 5.41) is 0. The lowest BCUT2D eigenvalue weighted by atomic mass is 9.83. The highest BCUT2D eigenvalue weighted by Crippen LogP contribution is 2.28. The topological polar surface area (TPSA) is 46.3 Å². The molecule has 3 heteroatoms. The van der Waals surface area contributed by atoms with Gasteiger partial charge in [-0.3, -0.25) is 9.69 Å². The quantitative estimate of drug-likeness (QED) is 0.694. The van der Waals surface area contributed by atoms with E-state index in [0.29, 0.717) is 18.4 Å². The Labute approximate surface area is 84.3 Å². The van der Waals surface area contributed by atoms with Crippen LogP contribution in [0.3, 0.4) is 0 Å². The zero-order chi connectivity index (χ0) is 9.97. The molecule has 1 saturated heterocycles. The van der Waals surface area contributed by atoms with Crippen LogP contribution < -0.4 is 5.73 Å². The second-order valence-electron chi connectivity index (χ2n) is 4.09. The van der Waals surface area contributed by atoms with Crippen LogP contribution in [0.25, 0.3) is 0 Å². The number of hydrogen-bond acceptors (Lipinski definition) is 2. The van der Waals surface area contributed by atoms with Crippen LogP contribution in [0.15, 0.2) is 24.3 Å². The molecule has 3 nitrogen and oxygen atoms in total. The molecule has 2 atom stereocenters. The number of hydrogen-bond donors (Lipinski definition) is 1. The third-order valence-corrected chi connectivity index (χ3v) is 3.00. The van der Waals surface area contributed by atoms with Gasteiger partial charge in [0, 0.05) is 6.54 Å². The second-order valence-corrected chi connectivity index (χ2v) is 4.09. The Morgan fingerprint density at radius 3 is 2.79 bits per heavy atom. The molecule has 0 radical (unpaired) electrons. The Morgan fingerprint density at radius 1 is 1.36 bits per heavy atom. The molecule has 1 heterocycles. The molecule has 0 saturated carbocycles. The summed E-state index contributed by atoms with van der Waals surface area (Å²) in [5.41, 5.74) is 5.18. The Bertz CT molecular complexity index is 283. The van der Waals surface area contributed by atoms with E-state index in [2.05, 4.69) is 29.2 Å². The van der Waals surface area contributed by atoms with E-state index in [1.54, 1.807) is 0 Å². The Kier molecular flexibility index (Phi) is 2.68. The highest BCUT2D eigenvalue weighted by atomic mass is 16.1. The molecule has 1 amide bonds. The third kappa shape index (κ3) is 2.04. The summed E-state index contributed by atoms with van der Waals surface area (Å²) in [6, 6.07) is 0. The standard InChI is InChI=1S/C11H16N2O/c12-11(14)8-13-6-5-9-3-1-2-4-10(9)7-13/h1-4,9-10H,5-8H2,(H2,12,14)/t9-,10-/m1/s1. The molecule has 0 bridgehead atoms. The number of likely N-dealkylation sites (tertiary alicyclic amines) is 1. The molecule has 14 heavy (non-hydrogen) atoms. The fraction of sp³-hybridized carbons (Fsp3) is 0.545. The van der Waals surface area contributed by atoms with E-state index >= 15 is 0 Å². The minimum absolute atomic E-state index is 0.223. The molecule has 0 aromatic carbocycles. The van der Waals surface area contributed by atoms with Crippen LogP contribution in [0.1, 0.15) is 6.42 Å². The molecule has 0 spiro atoms. The molecule has 2 N–H and O–H groups in total. The number of primary amides is 1. The average Bonchev–Trinajstić information content (AvgIpc) is 2.17. The lowest BCUT2D eigenvalue weighted by Gasteiger charge is -2.36. The summed E-state index contributed by atoms with van der Waals surface area (Å²) < 4.78 is 0. The molecular weight excluding hydrogens is 176 g/mol. The highest BCUT2D eigenvalue weighted by molar-refractivity contribution is 5.75. The summed E-state index contributed by atoms with van der Waals surface area (Å²) in [5.74, 6) is 1.02. The summed E-state index contributed by atoms with van der Waals surface area (Å²) in [7, 11) is 0. The monoisotopic (exact) mass is 192 g/mol. The maximum Gasteiger partial charge on any atom is 0.231 e. The first-order valence-corrected chi connectivity index (χ1v) is 5.11. The molecule has 0 unspecified atom stereocenters. The number of carbonyl (C=O) groups excluding carboxylic acids is 1. The van der Waals surface area contributed by atoms with Crippen LogP contribution in [0.4, 0.5) is 0 Å². The first kappa shape index (κ1) is 9.46. The Hall–Kier alpha value is -1.09. The molecule has 0 aromatic heterocycles. The lowest BCUT2D eigenvalue weighted by Crippen LogP contribution is -2.43. The maximum atomic E-state index is 10.8. The average molecular weight is 192 g/mol. The summed E-state index contributed by atoms with van der Waals surface area (Å²) in [6.45, 7) is 2.36. The summed E-state index contributed by atoms with van der Waals surface area (Å²) >= 11 is 0. The minimum Gasteiger partial charge on any atom is -0.369 e. The van der Waals surface area contributed by atoms with E-state index in [-0.39, 0.29) is 5.91 Å². The van der Waals surface area contributed by atoms with Crippen molar-refractivity contribution in [3.8, 4) is 0 Å². The van der Waals surface area contributed by atoms with Crippen molar-refractivity contribution in [2.45, 2.75) is 6.42 Å². The number of carbonyl (C=O) groups is 1. The fourth-order valence-electron chi connectivity index (χ4n) is 2.29. The first-order chi connectivity index (χ1) is 6.75. The van der Waals surface area contributed by atoms with Crippen molar-refractivity contribution < 1.29 is 4.79 Å². The molecule has 2 rings (SSSR count). The second kappa shape index (κ2) is 3.96. The van der Waals surface area contributed by atoms with Gasteiger partial charge in [-0.2, -0.15) is 0 Å². The lowest BCUT2D eigenvalue weighted by molar-refractivity contribution is -0.119. The SMILES string of the molecule is NC(=O)CN1CC[C@H]2C=CC=C[C@@H]2C1. The van der Waals surface area contributed by atoms with Crippen LogP contribution in [0.2, 0.25) is 0 Å². The van der Waals surface area contributed by atoms with Crippen LogP contribution in [0.5, 0.6) is 0 Å². The number of amides is 1. The van der Waals surface area contributed by atoms with Crippen LogP contribution in [-0.4, -0.2) is 30.4 Å². The normalized spacial score (nSPS) is 31.4. The number of nitrogens with zero attached hydrogens (tertiary/aromatic N) is 1. The van der Waals surface area contributed by atoms with E-state index in [9.17, 15) is 4.79 Å². The number of nitrogens with two attached hydrogens (primary N) is 1. The van der Waals surface area contributed by atoms with Gasteiger partial charge in [0.05, 0.1) is 6.54 Å². The molecule has 1 fully saturated rings. The zero-order valence-electron chi connectivity index (χ0n) is 8.23. The van der Waals surface area contributed by atoms with E-state index in [1.165, 1.54) is 0 Å². The predicted octanol–water partition coefficient (Wildman–Crippen LogP) is 0.536. The number of rotatable bonds is 2. The third-order valence-electron chi connectivity index (χ3n) is 3.00. The van der Waals surface area contributed by atoms with Crippen molar-refractivity contribution in [3.63, 3.8) is 0 Å². The number of allylic oxidation sites excluding steroid dienone is 3. The van der Waals surface area contributed by atoms with Crippen LogP contribution >= 0.6 is 0 Å². The Balaban J connectivity index is 1.93. The molecule has 2 aliphatic rings. The van der Waals surface area contributed by atoms with Gasteiger partial charge in [0.2, 0.25) is 5.91 Å². The van der Waals surface area contributed by atoms with Crippen molar-refractivity contribution in [2.24, 2.45) is 17.6 Å². The van der Waals surface area contributed by atoms with Crippen molar-refractivity contribution in [1.82, 2.24) is 4.90 Å².